The van der Waals surface area contributed by atoms with Crippen LogP contribution in [-0.2, 0) is 0 Å². The van der Waals surface area contributed by atoms with E-state index < -0.39 is 0 Å². The summed E-state index contributed by atoms with van der Waals surface area (Å²) in [5, 5.41) is 0. The Morgan fingerprint density at radius 1 is 0.938 bits per heavy atom. The Morgan fingerprint density at radius 2 is 1.56 bits per heavy atom. The maximum atomic E-state index is 11.0. The van der Waals surface area contributed by atoms with Gasteiger partial charge >= 0.3 is 0 Å². The lowest BCUT2D eigenvalue weighted by molar-refractivity contribution is 0.112. The second-order valence-corrected chi connectivity index (χ2v) is 4.25. The second kappa shape index (κ2) is 4.99. The average molecular weight is 228 g/mol. The van der Waals surface area contributed by atoms with Gasteiger partial charge in [0.1, 0.15) is 0 Å². The van der Waals surface area contributed by atoms with Gasteiger partial charge in [-0.05, 0) is 23.4 Å². The van der Waals surface area contributed by atoms with E-state index in [0.29, 0.717) is 0 Å². The van der Waals surface area contributed by atoms with Crippen molar-refractivity contribution in [3.63, 3.8) is 0 Å². The number of carbonyl (C=O) groups is 1. The summed E-state index contributed by atoms with van der Waals surface area (Å²) in [6, 6.07) is 15.8. The van der Waals surface area contributed by atoms with Gasteiger partial charge in [0.05, 0.1) is 0 Å². The van der Waals surface area contributed by atoms with Gasteiger partial charge in [-0.25, -0.2) is 0 Å². The average Bonchev–Trinajstić information content (AvgIpc) is 2.38. The molecule has 0 heterocycles. The first-order valence-corrected chi connectivity index (χ1v) is 6.27. The third kappa shape index (κ3) is 2.02. The van der Waals surface area contributed by atoms with E-state index in [4.69, 9.17) is 0 Å². The molecule has 0 N–H and O–H groups in total. The number of aldehydes is 1. The zero-order valence-corrected chi connectivity index (χ0v) is 9.83. The van der Waals surface area contributed by atoms with E-state index >= 15 is 0 Å². The van der Waals surface area contributed by atoms with E-state index in [1.165, 1.54) is 4.90 Å². The molecule has 0 bridgehead atoms. The highest BCUT2D eigenvalue weighted by Gasteiger charge is 2.07. The van der Waals surface area contributed by atoms with Crippen LogP contribution in [0.5, 0.6) is 0 Å². The van der Waals surface area contributed by atoms with Crippen LogP contribution in [-0.4, -0.2) is 12.5 Å². The van der Waals surface area contributed by atoms with Crippen molar-refractivity contribution in [3.05, 3.63) is 54.1 Å². The highest BCUT2D eigenvalue weighted by Crippen LogP contribution is 2.31. The molecular formula is C14H12OS. The van der Waals surface area contributed by atoms with Crippen LogP contribution < -0.4 is 0 Å². The van der Waals surface area contributed by atoms with Crippen LogP contribution >= 0.6 is 11.8 Å². The van der Waals surface area contributed by atoms with Gasteiger partial charge in [0, 0.05) is 10.5 Å². The van der Waals surface area contributed by atoms with E-state index in [1.807, 2.05) is 48.7 Å². The molecule has 0 aliphatic rings. The number of hydrogen-bond donors (Lipinski definition) is 0. The van der Waals surface area contributed by atoms with Gasteiger partial charge in [-0.1, -0.05) is 42.5 Å². The SMILES string of the molecule is CSc1ccccc1-c1ccccc1C=O. The van der Waals surface area contributed by atoms with Crippen LogP contribution in [0.2, 0.25) is 0 Å². The Labute approximate surface area is 99.5 Å². The first kappa shape index (κ1) is 11.0. The molecule has 0 radical (unpaired) electrons. The van der Waals surface area contributed by atoms with Crippen molar-refractivity contribution < 1.29 is 4.79 Å². The summed E-state index contributed by atoms with van der Waals surface area (Å²) in [4.78, 5) is 12.2. The van der Waals surface area contributed by atoms with Crippen molar-refractivity contribution in [2.75, 3.05) is 6.26 Å². The number of thioether (sulfide) groups is 1. The van der Waals surface area contributed by atoms with E-state index in [2.05, 4.69) is 6.07 Å². The summed E-state index contributed by atoms with van der Waals surface area (Å²) in [5.41, 5.74) is 2.86. The molecule has 0 aliphatic heterocycles. The van der Waals surface area contributed by atoms with Crippen molar-refractivity contribution in [1.29, 1.82) is 0 Å². The molecule has 0 aromatic heterocycles. The van der Waals surface area contributed by atoms with Gasteiger partial charge in [0.25, 0.3) is 0 Å². The fourth-order valence-electron chi connectivity index (χ4n) is 1.71. The van der Waals surface area contributed by atoms with Crippen LogP contribution in [0.15, 0.2) is 53.4 Å². The molecule has 0 saturated carbocycles. The highest BCUT2D eigenvalue weighted by atomic mass is 32.2. The number of benzene rings is 2. The molecule has 0 atom stereocenters. The largest absolute Gasteiger partial charge is 0.298 e. The minimum Gasteiger partial charge on any atom is -0.298 e. The van der Waals surface area contributed by atoms with Gasteiger partial charge in [-0.2, -0.15) is 0 Å². The van der Waals surface area contributed by atoms with Crippen molar-refractivity contribution >= 4 is 18.0 Å². The molecule has 16 heavy (non-hydrogen) atoms. The zero-order valence-electron chi connectivity index (χ0n) is 9.01. The van der Waals surface area contributed by atoms with E-state index in [-0.39, 0.29) is 0 Å². The Morgan fingerprint density at radius 3 is 2.25 bits per heavy atom. The number of rotatable bonds is 3. The number of hydrogen-bond acceptors (Lipinski definition) is 2. The standard InChI is InChI=1S/C14H12OS/c1-16-14-9-5-4-8-13(14)12-7-3-2-6-11(12)10-15/h2-10H,1H3. The monoisotopic (exact) mass is 228 g/mol. The molecule has 0 saturated heterocycles. The molecule has 2 aromatic carbocycles. The molecule has 2 heteroatoms. The maximum Gasteiger partial charge on any atom is 0.150 e. The maximum absolute atomic E-state index is 11.0. The van der Waals surface area contributed by atoms with Gasteiger partial charge < -0.3 is 0 Å². The molecular weight excluding hydrogens is 216 g/mol. The topological polar surface area (TPSA) is 17.1 Å². The Kier molecular flexibility index (Phi) is 3.42. The molecule has 80 valence electrons. The van der Waals surface area contributed by atoms with Crippen molar-refractivity contribution in [1.82, 2.24) is 0 Å². The molecule has 0 unspecified atom stereocenters. The summed E-state index contributed by atoms with van der Waals surface area (Å²) >= 11 is 1.69. The highest BCUT2D eigenvalue weighted by molar-refractivity contribution is 7.98. The van der Waals surface area contributed by atoms with Crippen molar-refractivity contribution in [2.24, 2.45) is 0 Å². The smallest absolute Gasteiger partial charge is 0.150 e. The summed E-state index contributed by atoms with van der Waals surface area (Å²) in [5.74, 6) is 0. The molecule has 2 aromatic rings. The molecule has 2 rings (SSSR count). The zero-order chi connectivity index (χ0) is 11.4. The fraction of sp³-hybridized carbons (Fsp3) is 0.0714. The third-order valence-corrected chi connectivity index (χ3v) is 3.28. The second-order valence-electron chi connectivity index (χ2n) is 3.41. The molecule has 0 aliphatic carbocycles. The lowest BCUT2D eigenvalue weighted by Gasteiger charge is -2.09. The van der Waals surface area contributed by atoms with E-state index in [0.717, 1.165) is 23.0 Å². The Hall–Kier alpha value is -1.54. The summed E-state index contributed by atoms with van der Waals surface area (Å²) in [6.45, 7) is 0. The fourth-order valence-corrected chi connectivity index (χ4v) is 2.32. The summed E-state index contributed by atoms with van der Waals surface area (Å²) in [6.07, 6.45) is 2.95. The summed E-state index contributed by atoms with van der Waals surface area (Å²) in [7, 11) is 0. The summed E-state index contributed by atoms with van der Waals surface area (Å²) < 4.78 is 0. The molecule has 1 nitrogen and oxygen atoms in total. The van der Waals surface area contributed by atoms with Crippen molar-refractivity contribution in [3.8, 4) is 11.1 Å². The van der Waals surface area contributed by atoms with E-state index in [9.17, 15) is 4.79 Å². The Balaban J connectivity index is 2.62. The first-order valence-electron chi connectivity index (χ1n) is 5.04. The quantitative estimate of drug-likeness (QED) is 0.585. The normalized spacial score (nSPS) is 10.1. The van der Waals surface area contributed by atoms with Crippen molar-refractivity contribution in [2.45, 2.75) is 4.90 Å². The predicted molar refractivity (Wildman–Crippen MR) is 69.0 cm³/mol. The minimum absolute atomic E-state index is 0.740. The van der Waals surface area contributed by atoms with Gasteiger partial charge in [-0.15, -0.1) is 11.8 Å². The first-order chi connectivity index (χ1) is 7.86. The van der Waals surface area contributed by atoms with Crippen LogP contribution in [0.4, 0.5) is 0 Å². The third-order valence-electron chi connectivity index (χ3n) is 2.48. The lowest BCUT2D eigenvalue weighted by atomic mass is 10.0. The van der Waals surface area contributed by atoms with Crippen LogP contribution in [0.25, 0.3) is 11.1 Å². The molecule has 0 spiro atoms. The number of carbonyl (C=O) groups excluding carboxylic acids is 1. The van der Waals surface area contributed by atoms with Gasteiger partial charge in [0.15, 0.2) is 6.29 Å². The van der Waals surface area contributed by atoms with Crippen LogP contribution in [0.3, 0.4) is 0 Å². The molecule has 0 fully saturated rings. The van der Waals surface area contributed by atoms with Crippen LogP contribution in [0.1, 0.15) is 10.4 Å². The van der Waals surface area contributed by atoms with E-state index in [1.54, 1.807) is 11.8 Å². The molecule has 0 amide bonds. The van der Waals surface area contributed by atoms with Crippen LogP contribution in [0, 0.1) is 0 Å². The van der Waals surface area contributed by atoms with Gasteiger partial charge in [-0.3, -0.25) is 4.79 Å². The van der Waals surface area contributed by atoms with Gasteiger partial charge in [0.2, 0.25) is 0 Å². The Bertz CT molecular complexity index is 506. The minimum atomic E-state index is 0.740. The lowest BCUT2D eigenvalue weighted by Crippen LogP contribution is -1.88. The predicted octanol–water partition coefficient (Wildman–Crippen LogP) is 3.89.